The number of hydrogen-bond donors (Lipinski definition) is 1. The minimum atomic E-state index is 0.271. The molecule has 1 heterocycles. The average molecular weight is 266 g/mol. The van der Waals surface area contributed by atoms with Gasteiger partial charge in [0.2, 0.25) is 0 Å². The third-order valence-corrected chi connectivity index (χ3v) is 3.87. The SMILES string of the molecule is CCCCC(CCC)c1ccc(C(C)CCCO)o1. The van der Waals surface area contributed by atoms with Gasteiger partial charge in [0, 0.05) is 18.4 Å². The molecule has 2 heteroatoms. The third kappa shape index (κ3) is 5.40. The van der Waals surface area contributed by atoms with Crippen molar-refractivity contribution in [2.24, 2.45) is 0 Å². The summed E-state index contributed by atoms with van der Waals surface area (Å²) in [6.07, 6.45) is 8.05. The van der Waals surface area contributed by atoms with Gasteiger partial charge in [-0.1, -0.05) is 40.0 Å². The fourth-order valence-electron chi connectivity index (χ4n) is 2.62. The molecule has 0 aliphatic carbocycles. The highest BCUT2D eigenvalue weighted by Crippen LogP contribution is 2.31. The van der Waals surface area contributed by atoms with Crippen LogP contribution in [0.4, 0.5) is 0 Å². The maximum absolute atomic E-state index is 8.89. The number of unbranched alkanes of at least 4 members (excludes halogenated alkanes) is 1. The van der Waals surface area contributed by atoms with Gasteiger partial charge in [0.15, 0.2) is 0 Å². The van der Waals surface area contributed by atoms with Crippen LogP contribution in [0.25, 0.3) is 0 Å². The van der Waals surface area contributed by atoms with Crippen LogP contribution in [-0.2, 0) is 0 Å². The molecule has 0 saturated heterocycles. The Hall–Kier alpha value is -0.760. The zero-order valence-electron chi connectivity index (χ0n) is 12.8. The van der Waals surface area contributed by atoms with E-state index >= 15 is 0 Å². The summed E-state index contributed by atoms with van der Waals surface area (Å²) in [6, 6.07) is 4.30. The molecule has 1 N–H and O–H groups in total. The summed E-state index contributed by atoms with van der Waals surface area (Å²) in [5.41, 5.74) is 0. The molecule has 0 fully saturated rings. The van der Waals surface area contributed by atoms with Gasteiger partial charge < -0.3 is 9.52 Å². The Morgan fingerprint density at radius 3 is 2.37 bits per heavy atom. The molecule has 110 valence electrons. The topological polar surface area (TPSA) is 33.4 Å². The van der Waals surface area contributed by atoms with Crippen LogP contribution < -0.4 is 0 Å². The van der Waals surface area contributed by atoms with E-state index in [-0.39, 0.29) is 6.61 Å². The lowest BCUT2D eigenvalue weighted by molar-refractivity contribution is 0.276. The van der Waals surface area contributed by atoms with Crippen LogP contribution >= 0.6 is 0 Å². The first-order valence-electron chi connectivity index (χ1n) is 7.93. The smallest absolute Gasteiger partial charge is 0.107 e. The van der Waals surface area contributed by atoms with E-state index in [2.05, 4.69) is 32.9 Å². The number of rotatable bonds is 10. The summed E-state index contributed by atoms with van der Waals surface area (Å²) in [4.78, 5) is 0. The molecule has 0 saturated carbocycles. The number of aliphatic hydroxyl groups excluding tert-OH is 1. The van der Waals surface area contributed by atoms with Gasteiger partial charge in [-0.2, -0.15) is 0 Å². The van der Waals surface area contributed by atoms with E-state index < -0.39 is 0 Å². The van der Waals surface area contributed by atoms with Gasteiger partial charge in [-0.15, -0.1) is 0 Å². The van der Waals surface area contributed by atoms with Gasteiger partial charge in [-0.05, 0) is 37.8 Å². The van der Waals surface area contributed by atoms with Gasteiger partial charge in [0.25, 0.3) is 0 Å². The standard InChI is InChI=1S/C17H30O2/c1-4-6-10-15(8-5-2)17-12-11-16(19-17)14(3)9-7-13-18/h11-12,14-15,18H,4-10,13H2,1-3H3. The molecule has 0 aromatic carbocycles. The molecular formula is C17H30O2. The highest BCUT2D eigenvalue weighted by molar-refractivity contribution is 5.14. The molecule has 0 aliphatic rings. The van der Waals surface area contributed by atoms with Crippen molar-refractivity contribution in [3.8, 4) is 0 Å². The van der Waals surface area contributed by atoms with E-state index in [4.69, 9.17) is 9.52 Å². The van der Waals surface area contributed by atoms with Crippen molar-refractivity contribution in [3.63, 3.8) is 0 Å². The summed E-state index contributed by atoms with van der Waals surface area (Å²) < 4.78 is 6.07. The van der Waals surface area contributed by atoms with Crippen LogP contribution in [-0.4, -0.2) is 11.7 Å². The van der Waals surface area contributed by atoms with E-state index in [9.17, 15) is 0 Å². The third-order valence-electron chi connectivity index (χ3n) is 3.87. The maximum Gasteiger partial charge on any atom is 0.107 e. The molecule has 1 aromatic heterocycles. The zero-order chi connectivity index (χ0) is 14.1. The quantitative estimate of drug-likeness (QED) is 0.629. The second-order valence-corrected chi connectivity index (χ2v) is 5.63. The largest absolute Gasteiger partial charge is 0.466 e. The highest BCUT2D eigenvalue weighted by atomic mass is 16.3. The fraction of sp³-hybridized carbons (Fsp3) is 0.765. The Morgan fingerprint density at radius 1 is 1.00 bits per heavy atom. The second-order valence-electron chi connectivity index (χ2n) is 5.63. The molecule has 0 spiro atoms. The average Bonchev–Trinajstić information content (AvgIpc) is 2.90. The molecule has 0 radical (unpaired) electrons. The summed E-state index contributed by atoms with van der Waals surface area (Å²) in [5, 5.41) is 8.89. The number of aliphatic hydroxyl groups is 1. The summed E-state index contributed by atoms with van der Waals surface area (Å²) in [5.74, 6) is 3.25. The van der Waals surface area contributed by atoms with Gasteiger partial charge >= 0.3 is 0 Å². The molecule has 1 rings (SSSR count). The Bertz CT molecular complexity index is 330. The Balaban J connectivity index is 2.63. The van der Waals surface area contributed by atoms with Gasteiger partial charge in [0.1, 0.15) is 11.5 Å². The highest BCUT2D eigenvalue weighted by Gasteiger charge is 2.16. The maximum atomic E-state index is 8.89. The van der Waals surface area contributed by atoms with Crippen molar-refractivity contribution in [2.45, 2.75) is 77.6 Å². The first kappa shape index (κ1) is 16.3. The first-order chi connectivity index (χ1) is 9.22. The second kappa shape index (κ2) is 9.19. The lowest BCUT2D eigenvalue weighted by atomic mass is 9.95. The van der Waals surface area contributed by atoms with Crippen molar-refractivity contribution in [3.05, 3.63) is 23.7 Å². The molecule has 19 heavy (non-hydrogen) atoms. The molecular weight excluding hydrogens is 236 g/mol. The Kier molecular flexibility index (Phi) is 7.88. The predicted molar refractivity (Wildman–Crippen MR) is 80.6 cm³/mol. The first-order valence-corrected chi connectivity index (χ1v) is 7.93. The number of furan rings is 1. The van der Waals surface area contributed by atoms with E-state index in [1.54, 1.807) is 0 Å². The minimum Gasteiger partial charge on any atom is -0.466 e. The van der Waals surface area contributed by atoms with E-state index in [1.807, 2.05) is 0 Å². The normalized spacial score (nSPS) is 14.5. The van der Waals surface area contributed by atoms with Crippen LogP contribution in [0.5, 0.6) is 0 Å². The van der Waals surface area contributed by atoms with Crippen molar-refractivity contribution in [1.29, 1.82) is 0 Å². The minimum absolute atomic E-state index is 0.271. The van der Waals surface area contributed by atoms with Gasteiger partial charge in [0.05, 0.1) is 0 Å². The van der Waals surface area contributed by atoms with Crippen LogP contribution in [0.1, 0.15) is 89.1 Å². The lowest BCUT2D eigenvalue weighted by Crippen LogP contribution is -1.98. The van der Waals surface area contributed by atoms with E-state index in [0.717, 1.165) is 18.6 Å². The van der Waals surface area contributed by atoms with Gasteiger partial charge in [-0.25, -0.2) is 0 Å². The van der Waals surface area contributed by atoms with Crippen molar-refractivity contribution in [1.82, 2.24) is 0 Å². The summed E-state index contributed by atoms with van der Waals surface area (Å²) in [6.45, 7) is 6.94. The van der Waals surface area contributed by atoms with Crippen LogP contribution in [0.15, 0.2) is 16.5 Å². The monoisotopic (exact) mass is 266 g/mol. The molecule has 2 atom stereocenters. The van der Waals surface area contributed by atoms with Crippen molar-refractivity contribution < 1.29 is 9.52 Å². The zero-order valence-corrected chi connectivity index (χ0v) is 12.8. The molecule has 2 nitrogen and oxygen atoms in total. The van der Waals surface area contributed by atoms with E-state index in [0.29, 0.717) is 11.8 Å². The van der Waals surface area contributed by atoms with Crippen LogP contribution in [0.2, 0.25) is 0 Å². The molecule has 1 aromatic rings. The fourth-order valence-corrected chi connectivity index (χ4v) is 2.62. The van der Waals surface area contributed by atoms with Gasteiger partial charge in [-0.3, -0.25) is 0 Å². The van der Waals surface area contributed by atoms with Crippen LogP contribution in [0, 0.1) is 0 Å². The van der Waals surface area contributed by atoms with Crippen molar-refractivity contribution >= 4 is 0 Å². The molecule has 0 bridgehead atoms. The predicted octanol–water partition coefficient (Wildman–Crippen LogP) is 5.23. The molecule has 2 unspecified atom stereocenters. The number of hydrogen-bond acceptors (Lipinski definition) is 2. The van der Waals surface area contributed by atoms with Crippen molar-refractivity contribution in [2.75, 3.05) is 6.61 Å². The Labute approximate surface area is 118 Å². The van der Waals surface area contributed by atoms with E-state index in [1.165, 1.54) is 37.9 Å². The summed E-state index contributed by atoms with van der Waals surface area (Å²) >= 11 is 0. The molecule has 0 amide bonds. The lowest BCUT2D eigenvalue weighted by Gasteiger charge is -2.13. The van der Waals surface area contributed by atoms with Crippen LogP contribution in [0.3, 0.4) is 0 Å². The summed E-state index contributed by atoms with van der Waals surface area (Å²) in [7, 11) is 0. The molecule has 0 aliphatic heterocycles. The Morgan fingerprint density at radius 2 is 1.74 bits per heavy atom.